The molecule has 0 atom stereocenters. The van der Waals surface area contributed by atoms with Gasteiger partial charge in [0.25, 0.3) is 0 Å². The molecule has 152 valence electrons. The van der Waals surface area contributed by atoms with Gasteiger partial charge < -0.3 is 15.2 Å². The first-order chi connectivity index (χ1) is 14.0. The SMILES string of the molecule is CC(=O)Nc1ccc(/C=C/C(=O)c2c(O)cccc2OCC2CCCCC2)cc1. The highest BCUT2D eigenvalue weighted by atomic mass is 16.5. The molecule has 0 saturated heterocycles. The predicted octanol–water partition coefficient (Wildman–Crippen LogP) is 5.21. The first-order valence-corrected chi connectivity index (χ1v) is 10.1. The highest BCUT2D eigenvalue weighted by molar-refractivity contribution is 6.10. The number of carbonyl (C=O) groups is 2. The maximum atomic E-state index is 12.7. The molecule has 0 heterocycles. The molecular weight excluding hydrogens is 366 g/mol. The van der Waals surface area contributed by atoms with Gasteiger partial charge in [-0.1, -0.05) is 43.5 Å². The van der Waals surface area contributed by atoms with Crippen molar-refractivity contribution in [3.8, 4) is 11.5 Å². The summed E-state index contributed by atoms with van der Waals surface area (Å²) in [6.45, 7) is 2.02. The number of nitrogens with one attached hydrogen (secondary N) is 1. The molecule has 2 aromatic rings. The van der Waals surface area contributed by atoms with Crippen LogP contribution in [0.1, 0.15) is 54.9 Å². The molecule has 1 aliphatic carbocycles. The minimum Gasteiger partial charge on any atom is -0.507 e. The van der Waals surface area contributed by atoms with E-state index in [4.69, 9.17) is 4.74 Å². The van der Waals surface area contributed by atoms with E-state index in [0.29, 0.717) is 24.0 Å². The maximum Gasteiger partial charge on any atom is 0.221 e. The monoisotopic (exact) mass is 393 g/mol. The highest BCUT2D eigenvalue weighted by Gasteiger charge is 2.18. The minimum atomic E-state index is -0.312. The number of aromatic hydroxyl groups is 1. The van der Waals surface area contributed by atoms with Crippen molar-refractivity contribution in [1.82, 2.24) is 0 Å². The fourth-order valence-corrected chi connectivity index (χ4v) is 3.58. The standard InChI is InChI=1S/C24H27NO4/c1-17(26)25-20-13-10-18(11-14-20)12-15-22(28)24-21(27)8-5-9-23(24)29-16-19-6-3-2-4-7-19/h5,8-15,19,27H,2-4,6-7,16H2,1H3,(H,25,26)/b15-12+. The Hall–Kier alpha value is -3.08. The molecule has 5 nitrogen and oxygen atoms in total. The third-order valence-electron chi connectivity index (χ3n) is 5.11. The van der Waals surface area contributed by atoms with Gasteiger partial charge in [0.15, 0.2) is 5.78 Å². The van der Waals surface area contributed by atoms with Crippen LogP contribution < -0.4 is 10.1 Å². The van der Waals surface area contributed by atoms with Crippen LogP contribution in [-0.4, -0.2) is 23.4 Å². The number of phenols is 1. The molecule has 0 aliphatic heterocycles. The number of allylic oxidation sites excluding steroid dienone is 1. The lowest BCUT2D eigenvalue weighted by atomic mass is 9.90. The zero-order chi connectivity index (χ0) is 20.6. The molecule has 1 aliphatic rings. The molecule has 0 bridgehead atoms. The Kier molecular flexibility index (Phi) is 7.06. The van der Waals surface area contributed by atoms with Crippen molar-refractivity contribution in [3.05, 3.63) is 59.7 Å². The summed E-state index contributed by atoms with van der Waals surface area (Å²) in [6, 6.07) is 12.1. The van der Waals surface area contributed by atoms with E-state index in [9.17, 15) is 14.7 Å². The summed E-state index contributed by atoms with van der Waals surface area (Å²) >= 11 is 0. The molecule has 0 spiro atoms. The van der Waals surface area contributed by atoms with Crippen molar-refractivity contribution in [2.75, 3.05) is 11.9 Å². The quantitative estimate of drug-likeness (QED) is 0.500. The van der Waals surface area contributed by atoms with Crippen molar-refractivity contribution in [1.29, 1.82) is 0 Å². The number of benzene rings is 2. The molecule has 29 heavy (non-hydrogen) atoms. The third kappa shape index (κ3) is 5.95. The van der Waals surface area contributed by atoms with Gasteiger partial charge in [-0.15, -0.1) is 0 Å². The normalized spacial score (nSPS) is 14.7. The van der Waals surface area contributed by atoms with Crippen molar-refractivity contribution in [2.24, 2.45) is 5.92 Å². The van der Waals surface area contributed by atoms with Crippen LogP contribution in [0.4, 0.5) is 5.69 Å². The van der Waals surface area contributed by atoms with Crippen LogP contribution in [-0.2, 0) is 4.79 Å². The van der Waals surface area contributed by atoms with Gasteiger partial charge >= 0.3 is 0 Å². The van der Waals surface area contributed by atoms with E-state index in [1.165, 1.54) is 38.3 Å². The van der Waals surface area contributed by atoms with E-state index in [1.807, 2.05) is 0 Å². The molecule has 1 fully saturated rings. The van der Waals surface area contributed by atoms with Gasteiger partial charge in [0.05, 0.1) is 6.61 Å². The van der Waals surface area contributed by atoms with Crippen molar-refractivity contribution in [2.45, 2.75) is 39.0 Å². The van der Waals surface area contributed by atoms with E-state index in [0.717, 1.165) is 18.4 Å². The molecule has 2 N–H and O–H groups in total. The van der Waals surface area contributed by atoms with Crippen LogP contribution in [0.2, 0.25) is 0 Å². The van der Waals surface area contributed by atoms with Gasteiger partial charge in [-0.2, -0.15) is 0 Å². The number of ketones is 1. The lowest BCUT2D eigenvalue weighted by Gasteiger charge is -2.22. The Balaban J connectivity index is 1.69. The third-order valence-corrected chi connectivity index (χ3v) is 5.11. The number of rotatable bonds is 7. The van der Waals surface area contributed by atoms with Crippen LogP contribution in [0.5, 0.6) is 11.5 Å². The fourth-order valence-electron chi connectivity index (χ4n) is 3.58. The summed E-state index contributed by atoms with van der Waals surface area (Å²) in [5.74, 6) is 0.399. The van der Waals surface area contributed by atoms with Crippen LogP contribution in [0.15, 0.2) is 48.5 Å². The Bertz CT molecular complexity index is 880. The Morgan fingerprint density at radius 2 is 1.83 bits per heavy atom. The summed E-state index contributed by atoms with van der Waals surface area (Å²) in [5, 5.41) is 12.9. The molecule has 0 radical (unpaired) electrons. The largest absolute Gasteiger partial charge is 0.507 e. The van der Waals surface area contributed by atoms with E-state index in [-0.39, 0.29) is 23.0 Å². The van der Waals surface area contributed by atoms with Crippen LogP contribution >= 0.6 is 0 Å². The molecule has 0 unspecified atom stereocenters. The van der Waals surface area contributed by atoms with Crippen molar-refractivity contribution in [3.63, 3.8) is 0 Å². The van der Waals surface area contributed by atoms with E-state index >= 15 is 0 Å². The molecule has 1 saturated carbocycles. The van der Waals surface area contributed by atoms with Crippen molar-refractivity contribution >= 4 is 23.5 Å². The average molecular weight is 393 g/mol. The fraction of sp³-hybridized carbons (Fsp3) is 0.333. The first kappa shape index (κ1) is 20.6. The first-order valence-electron chi connectivity index (χ1n) is 10.1. The molecule has 0 aromatic heterocycles. The second-order valence-corrected chi connectivity index (χ2v) is 7.47. The van der Waals surface area contributed by atoms with Gasteiger partial charge in [0.1, 0.15) is 17.1 Å². The molecule has 3 rings (SSSR count). The van der Waals surface area contributed by atoms with E-state index in [1.54, 1.807) is 42.5 Å². The summed E-state index contributed by atoms with van der Waals surface area (Å²) in [4.78, 5) is 23.8. The Morgan fingerprint density at radius 3 is 2.52 bits per heavy atom. The summed E-state index contributed by atoms with van der Waals surface area (Å²) in [5.41, 5.74) is 1.70. The molecule has 5 heteroatoms. The van der Waals surface area contributed by atoms with Gasteiger partial charge in [-0.3, -0.25) is 9.59 Å². The second-order valence-electron chi connectivity index (χ2n) is 7.47. The Labute approximate surface area is 171 Å². The van der Waals surface area contributed by atoms with Crippen LogP contribution in [0.25, 0.3) is 6.08 Å². The van der Waals surface area contributed by atoms with Gasteiger partial charge in [-0.05, 0) is 54.7 Å². The minimum absolute atomic E-state index is 0.0817. The number of carbonyl (C=O) groups excluding carboxylic acids is 2. The number of amides is 1. The number of hydrogen-bond donors (Lipinski definition) is 2. The predicted molar refractivity (Wildman–Crippen MR) is 114 cm³/mol. The zero-order valence-electron chi connectivity index (χ0n) is 16.7. The number of ether oxygens (including phenoxy) is 1. The van der Waals surface area contributed by atoms with Crippen LogP contribution in [0.3, 0.4) is 0 Å². The van der Waals surface area contributed by atoms with Gasteiger partial charge in [-0.25, -0.2) is 0 Å². The number of phenolic OH excluding ortho intramolecular Hbond substituents is 1. The Morgan fingerprint density at radius 1 is 1.10 bits per heavy atom. The lowest BCUT2D eigenvalue weighted by molar-refractivity contribution is -0.114. The number of anilines is 1. The van der Waals surface area contributed by atoms with E-state index in [2.05, 4.69) is 5.32 Å². The lowest BCUT2D eigenvalue weighted by Crippen LogP contribution is -2.16. The topological polar surface area (TPSA) is 75.6 Å². The van der Waals surface area contributed by atoms with E-state index < -0.39 is 0 Å². The molecular formula is C24H27NO4. The second kappa shape index (κ2) is 9.92. The maximum absolute atomic E-state index is 12.7. The smallest absolute Gasteiger partial charge is 0.221 e. The summed E-state index contributed by atoms with van der Waals surface area (Å²) in [7, 11) is 0. The highest BCUT2D eigenvalue weighted by Crippen LogP contribution is 2.31. The molecule has 2 aromatic carbocycles. The average Bonchev–Trinajstić information content (AvgIpc) is 2.72. The number of hydrogen-bond acceptors (Lipinski definition) is 4. The van der Waals surface area contributed by atoms with Crippen LogP contribution in [0, 0.1) is 5.92 Å². The zero-order valence-corrected chi connectivity index (χ0v) is 16.7. The van der Waals surface area contributed by atoms with Crippen molar-refractivity contribution < 1.29 is 19.4 Å². The summed E-state index contributed by atoms with van der Waals surface area (Å²) < 4.78 is 5.93. The molecule has 1 amide bonds. The van der Waals surface area contributed by atoms with Gasteiger partial charge in [0.2, 0.25) is 5.91 Å². The summed E-state index contributed by atoms with van der Waals surface area (Å²) in [6.07, 6.45) is 9.13. The van der Waals surface area contributed by atoms with Gasteiger partial charge in [0, 0.05) is 12.6 Å².